The van der Waals surface area contributed by atoms with Gasteiger partial charge in [-0.15, -0.1) is 33.3 Å². The van der Waals surface area contributed by atoms with Crippen LogP contribution in [0.5, 0.6) is 0 Å². The smallest absolute Gasteiger partial charge is 0.313 e. The van der Waals surface area contributed by atoms with Gasteiger partial charge in [0, 0.05) is 35.3 Å². The number of aliphatic carboxylic acids is 1. The lowest BCUT2D eigenvalue weighted by Crippen LogP contribution is -2.74. The second-order valence-corrected chi connectivity index (χ2v) is 11.0. The Bertz CT molecular complexity index is 1210. The standard InChI is InChI=1S/C19H20N8O4S3/c20-27-17(26-5-2-4-21-26)23-24-18(27)34-10-19(16(30)31)8-25-14(29)13(15(25)33-9-19)22-12(28)7-11-3-1-6-32-11/h1-6,13,15H,7-10,20H2,(H,22,28)(H,30,31)/t13?,15-,19?/m1/s1. The van der Waals surface area contributed by atoms with E-state index < -0.39 is 17.4 Å². The molecule has 178 valence electrons. The minimum Gasteiger partial charge on any atom is -0.481 e. The van der Waals surface area contributed by atoms with Gasteiger partial charge < -0.3 is 21.2 Å². The van der Waals surface area contributed by atoms with E-state index in [-0.39, 0.29) is 41.7 Å². The summed E-state index contributed by atoms with van der Waals surface area (Å²) < 4.78 is 2.70. The number of aromatic nitrogens is 5. The Balaban J connectivity index is 1.22. The zero-order valence-corrected chi connectivity index (χ0v) is 20.1. The molecular formula is C19H20N8O4S3. The van der Waals surface area contributed by atoms with Gasteiger partial charge in [0.25, 0.3) is 5.95 Å². The van der Waals surface area contributed by atoms with E-state index in [0.29, 0.717) is 11.1 Å². The topological polar surface area (TPSA) is 161 Å². The molecule has 0 spiro atoms. The number of β-lactam (4-membered cyclic amide) rings is 1. The van der Waals surface area contributed by atoms with Gasteiger partial charge in [0.1, 0.15) is 16.8 Å². The van der Waals surface area contributed by atoms with Gasteiger partial charge in [-0.25, -0.2) is 9.36 Å². The fraction of sp³-hybridized carbons (Fsp3) is 0.368. The highest BCUT2D eigenvalue weighted by Crippen LogP contribution is 2.44. The summed E-state index contributed by atoms with van der Waals surface area (Å²) in [7, 11) is 0. The SMILES string of the molecule is Nn1c(SCC2(C(=O)O)CS[C@@H]3C(NC(=O)Cc4cccs4)C(=O)N3C2)nnc1-n1cccn1. The minimum absolute atomic E-state index is 0.0495. The van der Waals surface area contributed by atoms with Crippen molar-refractivity contribution in [3.63, 3.8) is 0 Å². The number of hydrogen-bond acceptors (Lipinski definition) is 10. The molecule has 3 aromatic heterocycles. The number of fused-ring (bicyclic) bond motifs is 1. The van der Waals surface area contributed by atoms with Crippen LogP contribution in [0.1, 0.15) is 4.88 Å². The Labute approximate surface area is 205 Å². The lowest BCUT2D eigenvalue weighted by atomic mass is 9.89. The van der Waals surface area contributed by atoms with Crippen LogP contribution in [0.2, 0.25) is 0 Å². The minimum atomic E-state index is -1.19. The molecule has 0 bridgehead atoms. The third-order valence-corrected chi connectivity index (χ3v) is 9.36. The van der Waals surface area contributed by atoms with Crippen LogP contribution in [0.3, 0.4) is 0 Å². The maximum atomic E-state index is 12.8. The summed E-state index contributed by atoms with van der Waals surface area (Å²) in [5.74, 6) is 5.32. The largest absolute Gasteiger partial charge is 0.481 e. The van der Waals surface area contributed by atoms with E-state index in [9.17, 15) is 19.5 Å². The van der Waals surface area contributed by atoms with E-state index in [1.807, 2.05) is 17.5 Å². The normalized spacial score (nSPS) is 23.9. The van der Waals surface area contributed by atoms with Crippen molar-refractivity contribution in [2.75, 3.05) is 23.9 Å². The number of carboxylic acids is 1. The molecule has 34 heavy (non-hydrogen) atoms. The van der Waals surface area contributed by atoms with E-state index in [1.165, 1.54) is 37.4 Å². The zero-order valence-electron chi connectivity index (χ0n) is 17.6. The summed E-state index contributed by atoms with van der Waals surface area (Å²) in [4.78, 5) is 39.8. The number of hydrogen-bond donors (Lipinski definition) is 3. The quantitative estimate of drug-likeness (QED) is 0.210. The molecule has 2 fully saturated rings. The molecule has 0 saturated carbocycles. The molecule has 3 atom stereocenters. The van der Waals surface area contributed by atoms with Crippen LogP contribution in [0.4, 0.5) is 0 Å². The molecule has 0 radical (unpaired) electrons. The van der Waals surface area contributed by atoms with Gasteiger partial charge in [-0.3, -0.25) is 14.4 Å². The number of rotatable bonds is 8. The third kappa shape index (κ3) is 4.03. The number of carboxylic acid groups (broad SMARTS) is 1. The first kappa shape index (κ1) is 22.7. The second kappa shape index (κ2) is 8.96. The molecule has 0 aromatic carbocycles. The Morgan fingerprint density at radius 2 is 2.21 bits per heavy atom. The number of thiophene rings is 1. The number of nitrogens with two attached hydrogens (primary N) is 1. The van der Waals surface area contributed by atoms with Crippen LogP contribution in [0.15, 0.2) is 41.1 Å². The highest BCUT2D eigenvalue weighted by Gasteiger charge is 2.57. The van der Waals surface area contributed by atoms with E-state index in [4.69, 9.17) is 5.84 Å². The van der Waals surface area contributed by atoms with Crippen molar-refractivity contribution in [2.45, 2.75) is 23.0 Å². The number of amides is 2. The van der Waals surface area contributed by atoms with Crippen molar-refractivity contribution in [3.05, 3.63) is 40.8 Å². The number of carbonyl (C=O) groups is 3. The first-order valence-electron chi connectivity index (χ1n) is 10.2. The maximum absolute atomic E-state index is 12.8. The molecule has 2 saturated heterocycles. The first-order chi connectivity index (χ1) is 16.4. The molecule has 15 heteroatoms. The summed E-state index contributed by atoms with van der Waals surface area (Å²) in [5, 5.41) is 26.9. The Morgan fingerprint density at radius 3 is 2.91 bits per heavy atom. The molecule has 12 nitrogen and oxygen atoms in total. The number of thioether (sulfide) groups is 2. The molecular weight excluding hydrogens is 500 g/mol. The van der Waals surface area contributed by atoms with E-state index >= 15 is 0 Å². The van der Waals surface area contributed by atoms with Gasteiger partial charge in [0.05, 0.1) is 6.42 Å². The molecule has 5 heterocycles. The third-order valence-electron chi connectivity index (χ3n) is 5.66. The molecule has 2 unspecified atom stereocenters. The maximum Gasteiger partial charge on any atom is 0.313 e. The molecule has 2 aliphatic rings. The molecule has 2 amide bonds. The monoisotopic (exact) mass is 520 g/mol. The van der Waals surface area contributed by atoms with Gasteiger partial charge >= 0.3 is 5.97 Å². The summed E-state index contributed by atoms with van der Waals surface area (Å²) >= 11 is 4.01. The van der Waals surface area contributed by atoms with Crippen molar-refractivity contribution >= 4 is 52.6 Å². The number of carbonyl (C=O) groups excluding carboxylic acids is 2. The van der Waals surface area contributed by atoms with Crippen LogP contribution in [0, 0.1) is 5.41 Å². The summed E-state index contributed by atoms with van der Waals surface area (Å²) in [6, 6.07) is 4.82. The van der Waals surface area contributed by atoms with Crippen LogP contribution >= 0.6 is 34.9 Å². The van der Waals surface area contributed by atoms with Crippen molar-refractivity contribution in [1.82, 2.24) is 34.9 Å². The molecule has 3 aromatic rings. The summed E-state index contributed by atoms with van der Waals surface area (Å²) in [6.45, 7) is 0.0495. The lowest BCUT2D eigenvalue weighted by molar-refractivity contribution is -0.157. The van der Waals surface area contributed by atoms with Gasteiger partial charge in [0.2, 0.25) is 17.0 Å². The summed E-state index contributed by atoms with van der Waals surface area (Å²) in [5.41, 5.74) is -1.19. The van der Waals surface area contributed by atoms with E-state index in [1.54, 1.807) is 18.5 Å². The Kier molecular flexibility index (Phi) is 5.99. The molecule has 5 rings (SSSR count). The zero-order chi connectivity index (χ0) is 23.9. The van der Waals surface area contributed by atoms with Crippen molar-refractivity contribution in [2.24, 2.45) is 5.41 Å². The first-order valence-corrected chi connectivity index (χ1v) is 13.1. The van der Waals surface area contributed by atoms with Crippen LogP contribution < -0.4 is 11.2 Å². The van der Waals surface area contributed by atoms with Crippen LogP contribution in [0.25, 0.3) is 5.95 Å². The van der Waals surface area contributed by atoms with Crippen molar-refractivity contribution < 1.29 is 19.5 Å². The average molecular weight is 521 g/mol. The predicted molar refractivity (Wildman–Crippen MR) is 126 cm³/mol. The molecule has 0 aliphatic carbocycles. The van der Waals surface area contributed by atoms with Crippen LogP contribution in [-0.2, 0) is 20.8 Å². The molecule has 4 N–H and O–H groups in total. The fourth-order valence-corrected chi connectivity index (χ4v) is 7.23. The second-order valence-electron chi connectivity index (χ2n) is 7.95. The molecule has 2 aliphatic heterocycles. The van der Waals surface area contributed by atoms with Gasteiger partial charge in [-0.2, -0.15) is 5.10 Å². The highest BCUT2D eigenvalue weighted by molar-refractivity contribution is 8.00. The highest BCUT2D eigenvalue weighted by atomic mass is 32.2. The Morgan fingerprint density at radius 1 is 1.35 bits per heavy atom. The fourth-order valence-electron chi connectivity index (χ4n) is 3.82. The van der Waals surface area contributed by atoms with E-state index in [0.717, 1.165) is 16.6 Å². The average Bonchev–Trinajstić information content (AvgIpc) is 3.59. The van der Waals surface area contributed by atoms with Crippen molar-refractivity contribution in [3.8, 4) is 5.95 Å². The van der Waals surface area contributed by atoms with Crippen molar-refractivity contribution in [1.29, 1.82) is 0 Å². The summed E-state index contributed by atoms with van der Waals surface area (Å²) in [6.07, 6.45) is 3.47. The number of nitrogen functional groups attached to an aromatic ring is 1. The predicted octanol–water partition coefficient (Wildman–Crippen LogP) is 0.0448. The van der Waals surface area contributed by atoms with Crippen LogP contribution in [-0.4, -0.2) is 81.9 Å². The Hall–Kier alpha value is -3.04. The number of nitrogens with one attached hydrogen (secondary N) is 1. The van der Waals surface area contributed by atoms with Gasteiger partial charge in [-0.05, 0) is 17.5 Å². The van der Waals surface area contributed by atoms with Gasteiger partial charge in [0.15, 0.2) is 0 Å². The number of nitrogens with zero attached hydrogens (tertiary/aromatic N) is 6. The van der Waals surface area contributed by atoms with Gasteiger partial charge in [-0.1, -0.05) is 17.8 Å². The van der Waals surface area contributed by atoms with E-state index in [2.05, 4.69) is 20.6 Å². The lowest BCUT2D eigenvalue weighted by Gasteiger charge is -2.53.